The molecule has 1 aromatic carbocycles. The molecule has 11 nitrogen and oxygen atoms in total. The van der Waals surface area contributed by atoms with Gasteiger partial charge < -0.3 is 30.1 Å². The largest absolute Gasteiger partial charge is 0.363 e. The Bertz CT molecular complexity index is 1590. The Labute approximate surface area is 269 Å². The predicted octanol–water partition coefficient (Wildman–Crippen LogP) is 3.05. The number of carbonyl (C=O) groups is 2. The smallest absolute Gasteiger partial charge is 0.324 e. The van der Waals surface area contributed by atoms with Gasteiger partial charge in [-0.15, -0.1) is 0 Å². The van der Waals surface area contributed by atoms with Crippen molar-refractivity contribution in [3.05, 3.63) is 82.7 Å². The highest BCUT2D eigenvalue weighted by atomic mass is 19.1. The number of aromatic nitrogens is 1. The van der Waals surface area contributed by atoms with E-state index in [1.165, 1.54) is 12.1 Å². The van der Waals surface area contributed by atoms with Gasteiger partial charge in [0.05, 0.1) is 16.9 Å². The van der Waals surface area contributed by atoms with Crippen molar-refractivity contribution in [1.82, 2.24) is 30.3 Å². The van der Waals surface area contributed by atoms with Gasteiger partial charge in [0, 0.05) is 69.4 Å². The van der Waals surface area contributed by atoms with Crippen molar-refractivity contribution in [3.63, 3.8) is 0 Å². The molecule has 2 N–H and O–H groups in total. The summed E-state index contributed by atoms with van der Waals surface area (Å²) < 4.78 is 20.4. The zero-order valence-electron chi connectivity index (χ0n) is 26.6. The number of likely N-dealkylation sites (N-methyl/N-ethyl adjacent to an activating group) is 1. The van der Waals surface area contributed by atoms with Gasteiger partial charge in [-0.05, 0) is 75.7 Å². The molecule has 3 amide bonds. The molecule has 1 aromatic heterocycles. The number of urea groups is 1. The molecule has 3 atom stereocenters. The fourth-order valence-electron chi connectivity index (χ4n) is 7.09. The number of amides is 3. The Morgan fingerprint density at radius 2 is 2.07 bits per heavy atom. The molecule has 0 radical (unpaired) electrons. The highest BCUT2D eigenvalue weighted by molar-refractivity contribution is 5.96. The summed E-state index contributed by atoms with van der Waals surface area (Å²) in [6.07, 6.45) is 9.44. The Kier molecular flexibility index (Phi) is 8.97. The third kappa shape index (κ3) is 5.92. The maximum atomic E-state index is 14.1. The number of halogens is 1. The van der Waals surface area contributed by atoms with Crippen molar-refractivity contribution >= 4 is 17.6 Å². The standard InChI is InChI=1S/C34H41FN8O3/c1-4-28-22-41(33(45)43-14-9-23-17-26(35)18-24(19-36)31(23)43)15-16-42(28)29-8-11-34(46-5-2,25-7-6-12-37-20-25)39-30(29)32(44)38-27-10-13-40(3)21-27/h6-8,11-12,17-18,20,27-28,39H,4-5,9-10,13-16,21-22H2,1-3H3,(H,38,44)/t27-,28+,34?/m0/s1. The van der Waals surface area contributed by atoms with Gasteiger partial charge in [0.15, 0.2) is 5.72 Å². The lowest BCUT2D eigenvalue weighted by Crippen LogP contribution is -2.58. The number of anilines is 1. The minimum Gasteiger partial charge on any atom is -0.363 e. The fourth-order valence-corrected chi connectivity index (χ4v) is 7.09. The zero-order valence-corrected chi connectivity index (χ0v) is 26.6. The van der Waals surface area contributed by atoms with E-state index in [2.05, 4.69) is 38.4 Å². The number of dihydropyridines is 1. The van der Waals surface area contributed by atoms with Gasteiger partial charge in [-0.25, -0.2) is 9.18 Å². The molecule has 2 aromatic rings. The average Bonchev–Trinajstić information content (AvgIpc) is 3.69. The summed E-state index contributed by atoms with van der Waals surface area (Å²) in [6, 6.07) is 8.19. The number of hydrogen-bond donors (Lipinski definition) is 2. The van der Waals surface area contributed by atoms with Crippen molar-refractivity contribution in [3.8, 4) is 6.07 Å². The quantitative estimate of drug-likeness (QED) is 0.481. The minimum absolute atomic E-state index is 0.0328. The summed E-state index contributed by atoms with van der Waals surface area (Å²) in [5, 5.41) is 16.4. The molecular formula is C34H41FN8O3. The van der Waals surface area contributed by atoms with Crippen LogP contribution in [0.5, 0.6) is 0 Å². The molecule has 0 spiro atoms. The molecule has 12 heteroatoms. The lowest BCUT2D eigenvalue weighted by atomic mass is 9.97. The molecule has 6 rings (SSSR count). The molecule has 4 aliphatic heterocycles. The summed E-state index contributed by atoms with van der Waals surface area (Å²) in [4.78, 5) is 40.1. The van der Waals surface area contributed by atoms with Crippen LogP contribution in [0.3, 0.4) is 0 Å². The van der Waals surface area contributed by atoms with Gasteiger partial charge in [-0.3, -0.25) is 14.7 Å². The van der Waals surface area contributed by atoms with E-state index in [0.29, 0.717) is 56.2 Å². The van der Waals surface area contributed by atoms with Crippen LogP contribution in [0.15, 0.2) is 60.2 Å². The Balaban J connectivity index is 1.28. The molecule has 46 heavy (non-hydrogen) atoms. The Morgan fingerprint density at radius 3 is 2.76 bits per heavy atom. The summed E-state index contributed by atoms with van der Waals surface area (Å²) >= 11 is 0. The molecule has 0 bridgehead atoms. The molecule has 0 saturated carbocycles. The number of pyridine rings is 1. The van der Waals surface area contributed by atoms with Gasteiger partial charge in [0.1, 0.15) is 17.6 Å². The van der Waals surface area contributed by atoms with E-state index < -0.39 is 11.5 Å². The van der Waals surface area contributed by atoms with Crippen molar-refractivity contribution < 1.29 is 18.7 Å². The molecule has 1 unspecified atom stereocenters. The van der Waals surface area contributed by atoms with Crippen molar-refractivity contribution in [2.45, 2.75) is 50.9 Å². The number of nitrogens with one attached hydrogen (secondary N) is 2. The van der Waals surface area contributed by atoms with Gasteiger partial charge in [0.25, 0.3) is 5.91 Å². The fraction of sp³-hybridized carbons (Fsp3) is 0.471. The minimum atomic E-state index is -1.08. The van der Waals surface area contributed by atoms with E-state index in [1.54, 1.807) is 22.2 Å². The lowest BCUT2D eigenvalue weighted by molar-refractivity contribution is -0.120. The summed E-state index contributed by atoms with van der Waals surface area (Å²) in [5.41, 5.74) is 2.22. The van der Waals surface area contributed by atoms with Gasteiger partial charge in [-0.2, -0.15) is 5.26 Å². The second-order valence-corrected chi connectivity index (χ2v) is 12.3. The van der Waals surface area contributed by atoms with E-state index >= 15 is 0 Å². The maximum absolute atomic E-state index is 14.1. The van der Waals surface area contributed by atoms with E-state index in [9.17, 15) is 19.2 Å². The lowest BCUT2D eigenvalue weighted by Gasteiger charge is -2.46. The number of piperazine rings is 1. The average molecular weight is 629 g/mol. The first-order valence-electron chi connectivity index (χ1n) is 16.1. The number of likely N-dealkylation sites (tertiary alicyclic amines) is 1. The van der Waals surface area contributed by atoms with Crippen LogP contribution >= 0.6 is 0 Å². The second-order valence-electron chi connectivity index (χ2n) is 12.3. The first-order chi connectivity index (χ1) is 22.3. The number of benzene rings is 1. The molecule has 242 valence electrons. The van der Waals surface area contributed by atoms with Crippen molar-refractivity contribution in [2.75, 3.05) is 57.8 Å². The molecule has 4 aliphatic rings. The summed E-state index contributed by atoms with van der Waals surface area (Å²) in [5.74, 6) is -0.672. The SMILES string of the molecule is CCOC1(c2cccnc2)C=CC(N2CCN(C(=O)N3CCc4cc(F)cc(C#N)c43)C[C@H]2CC)=C(C(=O)N[C@H]2CCN(C)C2)N1. The third-order valence-corrected chi connectivity index (χ3v) is 9.37. The molecular weight excluding hydrogens is 587 g/mol. The molecule has 2 fully saturated rings. The van der Waals surface area contributed by atoms with E-state index in [0.717, 1.165) is 37.2 Å². The van der Waals surface area contributed by atoms with E-state index in [1.807, 2.05) is 38.3 Å². The van der Waals surface area contributed by atoms with Crippen LogP contribution in [0.2, 0.25) is 0 Å². The topological polar surface area (TPSA) is 117 Å². The molecule has 5 heterocycles. The van der Waals surface area contributed by atoms with Crippen molar-refractivity contribution in [2.24, 2.45) is 0 Å². The first-order valence-corrected chi connectivity index (χ1v) is 16.1. The number of rotatable bonds is 7. The monoisotopic (exact) mass is 628 g/mol. The van der Waals surface area contributed by atoms with Crippen LogP contribution in [-0.2, 0) is 21.7 Å². The van der Waals surface area contributed by atoms with Crippen LogP contribution in [0.25, 0.3) is 0 Å². The Morgan fingerprint density at radius 1 is 1.22 bits per heavy atom. The van der Waals surface area contributed by atoms with Crippen LogP contribution < -0.4 is 15.5 Å². The molecule has 0 aliphatic carbocycles. The normalized spacial score (nSPS) is 24.5. The number of fused-ring (bicyclic) bond motifs is 1. The van der Waals surface area contributed by atoms with Gasteiger partial charge in [0.2, 0.25) is 0 Å². The predicted molar refractivity (Wildman–Crippen MR) is 171 cm³/mol. The second kappa shape index (κ2) is 13.1. The number of nitrogens with zero attached hydrogens (tertiary/aromatic N) is 6. The number of allylic oxidation sites excluding steroid dienone is 1. The Hall–Kier alpha value is -4.47. The van der Waals surface area contributed by atoms with Crippen molar-refractivity contribution in [1.29, 1.82) is 5.26 Å². The van der Waals surface area contributed by atoms with E-state index in [-0.39, 0.29) is 29.6 Å². The van der Waals surface area contributed by atoms with Crippen LogP contribution in [0.1, 0.15) is 43.4 Å². The van der Waals surface area contributed by atoms with Crippen LogP contribution in [-0.4, -0.2) is 96.6 Å². The number of ether oxygens (including phenoxy) is 1. The summed E-state index contributed by atoms with van der Waals surface area (Å²) in [7, 11) is 2.05. The highest BCUT2D eigenvalue weighted by Gasteiger charge is 2.41. The third-order valence-electron chi connectivity index (χ3n) is 9.37. The summed E-state index contributed by atoms with van der Waals surface area (Å²) in [6.45, 7) is 7.84. The highest BCUT2D eigenvalue weighted by Crippen LogP contribution is 2.36. The number of hydrogen-bond acceptors (Lipinski definition) is 8. The molecule has 2 saturated heterocycles. The van der Waals surface area contributed by atoms with Gasteiger partial charge >= 0.3 is 6.03 Å². The zero-order chi connectivity index (χ0) is 32.4. The van der Waals surface area contributed by atoms with Crippen LogP contribution in [0.4, 0.5) is 14.9 Å². The first kappa shape index (κ1) is 31.5. The number of nitriles is 1. The van der Waals surface area contributed by atoms with E-state index in [4.69, 9.17) is 4.74 Å². The van der Waals surface area contributed by atoms with Crippen LogP contribution in [0, 0.1) is 17.1 Å². The number of carbonyl (C=O) groups excluding carboxylic acids is 2. The van der Waals surface area contributed by atoms with Gasteiger partial charge in [-0.1, -0.05) is 13.0 Å². The maximum Gasteiger partial charge on any atom is 0.324 e.